The van der Waals surface area contributed by atoms with Crippen LogP contribution in [0.15, 0.2) is 41.5 Å². The Morgan fingerprint density at radius 1 is 1.12 bits per heavy atom. The van der Waals surface area contributed by atoms with Crippen LogP contribution < -0.4 is 10.3 Å². The number of rotatable bonds is 5. The van der Waals surface area contributed by atoms with Gasteiger partial charge in [-0.2, -0.15) is 0 Å². The topological polar surface area (TPSA) is 44.1 Å². The van der Waals surface area contributed by atoms with Crippen LogP contribution in [-0.4, -0.2) is 16.2 Å². The number of hydrogen-bond donors (Lipinski definition) is 0. The predicted octanol–water partition coefficient (Wildman–Crippen LogP) is 4.20. The summed E-state index contributed by atoms with van der Waals surface area (Å²) in [6.45, 7) is 1.23. The fourth-order valence-corrected chi connectivity index (χ4v) is 4.68. The third kappa shape index (κ3) is 3.47. The quantitative estimate of drug-likeness (QED) is 0.509. The van der Waals surface area contributed by atoms with Crippen LogP contribution in [0.3, 0.4) is 0 Å². The van der Waals surface area contributed by atoms with Gasteiger partial charge in [0, 0.05) is 11.4 Å². The van der Waals surface area contributed by atoms with Gasteiger partial charge in [0.15, 0.2) is 0 Å². The molecule has 25 heavy (non-hydrogen) atoms. The van der Waals surface area contributed by atoms with Crippen LogP contribution in [0.5, 0.6) is 5.75 Å². The molecule has 0 saturated carbocycles. The number of aryl methyl sites for hydroxylation is 3. The molecule has 0 N–H and O–H groups in total. The van der Waals surface area contributed by atoms with Crippen LogP contribution >= 0.6 is 11.3 Å². The smallest absolute Gasteiger partial charge is 0.262 e. The van der Waals surface area contributed by atoms with E-state index < -0.39 is 0 Å². The number of nitrogens with zero attached hydrogens (tertiary/aromatic N) is 2. The lowest BCUT2D eigenvalue weighted by atomic mass is 10.1. The van der Waals surface area contributed by atoms with Crippen LogP contribution in [0.4, 0.5) is 0 Å². The largest absolute Gasteiger partial charge is 0.494 e. The molecule has 130 valence electrons. The molecule has 0 unspecified atom stereocenters. The third-order valence-electron chi connectivity index (χ3n) is 4.75. The molecule has 1 aliphatic carbocycles. The maximum absolute atomic E-state index is 12.9. The summed E-state index contributed by atoms with van der Waals surface area (Å²) in [5.41, 5.74) is 1.38. The van der Waals surface area contributed by atoms with E-state index in [1.165, 1.54) is 29.7 Å². The van der Waals surface area contributed by atoms with Crippen LogP contribution in [0, 0.1) is 0 Å². The second kappa shape index (κ2) is 7.40. The average Bonchev–Trinajstić information content (AvgIpc) is 2.84. The van der Waals surface area contributed by atoms with Crippen molar-refractivity contribution < 1.29 is 4.74 Å². The summed E-state index contributed by atoms with van der Waals surface area (Å²) in [5.74, 6) is 0.867. The van der Waals surface area contributed by atoms with E-state index in [0.717, 1.165) is 35.2 Å². The number of fused-ring (bicyclic) bond motifs is 3. The predicted molar refractivity (Wildman–Crippen MR) is 102 cm³/mol. The van der Waals surface area contributed by atoms with Gasteiger partial charge in [-0.05, 0) is 49.8 Å². The molecule has 0 saturated heterocycles. The number of hydrogen-bond acceptors (Lipinski definition) is 4. The second-order valence-corrected chi connectivity index (χ2v) is 7.59. The zero-order valence-corrected chi connectivity index (χ0v) is 15.1. The minimum Gasteiger partial charge on any atom is -0.494 e. The Labute approximate surface area is 151 Å². The molecule has 5 heteroatoms. The van der Waals surface area contributed by atoms with Crippen molar-refractivity contribution in [3.8, 4) is 5.75 Å². The summed E-state index contributed by atoms with van der Waals surface area (Å²) in [5, 5.41) is 0.869. The number of thiophene rings is 1. The van der Waals surface area contributed by atoms with E-state index >= 15 is 0 Å². The van der Waals surface area contributed by atoms with Gasteiger partial charge < -0.3 is 4.74 Å². The molecule has 2 aromatic heterocycles. The highest BCUT2D eigenvalue weighted by atomic mass is 32.1. The van der Waals surface area contributed by atoms with Crippen molar-refractivity contribution >= 4 is 21.6 Å². The van der Waals surface area contributed by atoms with Crippen LogP contribution in [0.2, 0.25) is 0 Å². The first kappa shape index (κ1) is 16.3. The molecule has 4 nitrogen and oxygen atoms in total. The summed E-state index contributed by atoms with van der Waals surface area (Å²) < 4.78 is 7.46. The van der Waals surface area contributed by atoms with Gasteiger partial charge in [-0.25, -0.2) is 4.98 Å². The molecule has 0 amide bonds. The summed E-state index contributed by atoms with van der Waals surface area (Å²) >= 11 is 1.71. The van der Waals surface area contributed by atoms with E-state index in [1.807, 2.05) is 30.3 Å². The molecule has 1 aromatic carbocycles. The molecule has 3 aromatic rings. The molecule has 1 aliphatic rings. The number of aromatic nitrogens is 2. The second-order valence-electron chi connectivity index (χ2n) is 6.50. The summed E-state index contributed by atoms with van der Waals surface area (Å²) in [6, 6.07) is 9.78. The number of para-hydroxylation sites is 1. The fourth-order valence-electron chi connectivity index (χ4n) is 3.46. The molecule has 2 heterocycles. The first-order chi connectivity index (χ1) is 12.3. The molecule has 0 spiro atoms. The summed E-state index contributed by atoms with van der Waals surface area (Å²) in [6.07, 6.45) is 8.27. The van der Waals surface area contributed by atoms with E-state index in [1.54, 1.807) is 22.2 Å². The van der Waals surface area contributed by atoms with Gasteiger partial charge in [0.2, 0.25) is 0 Å². The number of benzene rings is 1. The summed E-state index contributed by atoms with van der Waals surface area (Å²) in [7, 11) is 0. The van der Waals surface area contributed by atoms with Gasteiger partial charge in [0.05, 0.1) is 18.3 Å². The van der Waals surface area contributed by atoms with Crippen LogP contribution in [0.25, 0.3) is 10.2 Å². The Kier molecular flexibility index (Phi) is 4.83. The van der Waals surface area contributed by atoms with Crippen molar-refractivity contribution in [2.24, 2.45) is 0 Å². The van der Waals surface area contributed by atoms with E-state index in [9.17, 15) is 4.79 Å². The van der Waals surface area contributed by atoms with Crippen molar-refractivity contribution in [1.29, 1.82) is 0 Å². The molecule has 4 rings (SSSR count). The Bertz CT molecular complexity index is 915. The third-order valence-corrected chi connectivity index (χ3v) is 5.95. The minimum absolute atomic E-state index is 0.115. The molecule has 0 atom stereocenters. The SMILES string of the molecule is O=c1c2c3c(sc2ncn1CCCOc1ccccc1)CCCCC3. The van der Waals surface area contributed by atoms with E-state index in [0.29, 0.717) is 13.2 Å². The standard InChI is InChI=1S/C20H22N2O2S/c23-20-18-16-10-5-2-6-11-17(16)25-19(18)21-14-22(20)12-7-13-24-15-8-3-1-4-9-15/h1,3-4,8-9,14H,2,5-7,10-13H2. The summed E-state index contributed by atoms with van der Waals surface area (Å²) in [4.78, 5) is 19.8. The van der Waals surface area contributed by atoms with Crippen molar-refractivity contribution in [2.45, 2.75) is 45.1 Å². The van der Waals surface area contributed by atoms with Gasteiger partial charge in [-0.3, -0.25) is 9.36 Å². The van der Waals surface area contributed by atoms with E-state index in [-0.39, 0.29) is 5.56 Å². The molecule has 0 aliphatic heterocycles. The van der Waals surface area contributed by atoms with Crippen molar-refractivity contribution in [2.75, 3.05) is 6.61 Å². The lowest BCUT2D eigenvalue weighted by molar-refractivity contribution is 0.301. The zero-order chi connectivity index (χ0) is 17.1. The minimum atomic E-state index is 0.115. The molecular weight excluding hydrogens is 332 g/mol. The highest BCUT2D eigenvalue weighted by Gasteiger charge is 2.18. The van der Waals surface area contributed by atoms with Crippen molar-refractivity contribution in [3.63, 3.8) is 0 Å². The number of ether oxygens (including phenoxy) is 1. The highest BCUT2D eigenvalue weighted by Crippen LogP contribution is 2.32. The van der Waals surface area contributed by atoms with Gasteiger partial charge >= 0.3 is 0 Å². The van der Waals surface area contributed by atoms with Gasteiger partial charge in [-0.15, -0.1) is 11.3 Å². The van der Waals surface area contributed by atoms with Crippen molar-refractivity contribution in [1.82, 2.24) is 9.55 Å². The first-order valence-electron chi connectivity index (χ1n) is 9.00. The Morgan fingerprint density at radius 2 is 1.96 bits per heavy atom. The fraction of sp³-hybridized carbons (Fsp3) is 0.400. The van der Waals surface area contributed by atoms with Gasteiger partial charge in [0.1, 0.15) is 10.6 Å². The molecule has 0 fully saturated rings. The monoisotopic (exact) mass is 354 g/mol. The zero-order valence-electron chi connectivity index (χ0n) is 14.2. The highest BCUT2D eigenvalue weighted by molar-refractivity contribution is 7.18. The first-order valence-corrected chi connectivity index (χ1v) is 9.82. The maximum atomic E-state index is 12.9. The van der Waals surface area contributed by atoms with E-state index in [4.69, 9.17) is 4.74 Å². The van der Waals surface area contributed by atoms with Gasteiger partial charge in [0.25, 0.3) is 5.56 Å². The Morgan fingerprint density at radius 3 is 2.84 bits per heavy atom. The van der Waals surface area contributed by atoms with Crippen LogP contribution in [-0.2, 0) is 19.4 Å². The molecular formula is C20H22N2O2S. The Hall–Kier alpha value is -2.14. The normalized spacial score (nSPS) is 14.2. The van der Waals surface area contributed by atoms with Gasteiger partial charge in [-0.1, -0.05) is 24.6 Å². The molecule has 0 radical (unpaired) electrons. The Balaban J connectivity index is 1.49. The average molecular weight is 354 g/mol. The maximum Gasteiger partial charge on any atom is 0.262 e. The van der Waals surface area contributed by atoms with Crippen LogP contribution in [0.1, 0.15) is 36.1 Å². The lowest BCUT2D eigenvalue weighted by Crippen LogP contribution is -2.21. The van der Waals surface area contributed by atoms with E-state index in [2.05, 4.69) is 4.98 Å². The lowest BCUT2D eigenvalue weighted by Gasteiger charge is -2.08. The van der Waals surface area contributed by atoms with Crippen molar-refractivity contribution in [3.05, 3.63) is 57.5 Å². The molecule has 0 bridgehead atoms.